The number of nitrogens with zero attached hydrogens (tertiary/aromatic N) is 1. The minimum absolute atomic E-state index is 0.0624. The Hall–Kier alpha value is -3.21. The van der Waals surface area contributed by atoms with E-state index in [0.717, 1.165) is 6.07 Å². The number of non-ortho nitro benzene ring substituents is 1. The smallest absolute Gasteiger partial charge is 0.338 e. The first-order valence-corrected chi connectivity index (χ1v) is 9.87. The lowest BCUT2D eigenvalue weighted by Crippen LogP contribution is -2.25. The minimum Gasteiger partial charge on any atom is -0.432 e. The van der Waals surface area contributed by atoms with Gasteiger partial charge in [0, 0.05) is 31.0 Å². The van der Waals surface area contributed by atoms with Gasteiger partial charge in [-0.15, -0.1) is 0 Å². The fourth-order valence-corrected chi connectivity index (χ4v) is 3.23. The molecule has 0 aliphatic carbocycles. The molecule has 0 unspecified atom stereocenters. The molecule has 1 aliphatic heterocycles. The van der Waals surface area contributed by atoms with Crippen LogP contribution in [0.2, 0.25) is 10.0 Å². The highest BCUT2D eigenvalue weighted by Crippen LogP contribution is 2.30. The lowest BCUT2D eigenvalue weighted by atomic mass is 10.1. The van der Waals surface area contributed by atoms with Crippen molar-refractivity contribution in [2.75, 3.05) is 5.32 Å². The second kappa shape index (κ2) is 9.11. The number of esters is 2. The molecule has 32 heavy (non-hydrogen) atoms. The molecule has 0 aromatic heterocycles. The number of anilines is 1. The summed E-state index contributed by atoms with van der Waals surface area (Å²) >= 11 is 12.0. The highest BCUT2D eigenvalue weighted by Gasteiger charge is 2.42. The molecule has 1 heterocycles. The molecule has 0 radical (unpaired) electrons. The maximum absolute atomic E-state index is 12.8. The molecule has 3 rings (SSSR count). The van der Waals surface area contributed by atoms with E-state index in [2.05, 4.69) is 5.32 Å². The summed E-state index contributed by atoms with van der Waals surface area (Å²) in [6.45, 7) is 3.06. The number of nitrogens with one attached hydrogen (secondary N) is 1. The zero-order chi connectivity index (χ0) is 23.6. The number of ether oxygens (including phenoxy) is 3. The van der Waals surface area contributed by atoms with Gasteiger partial charge in [-0.25, -0.2) is 4.79 Å². The molecule has 1 amide bonds. The van der Waals surface area contributed by atoms with Crippen molar-refractivity contribution in [3.05, 3.63) is 62.1 Å². The zero-order valence-corrected chi connectivity index (χ0v) is 18.2. The molecule has 168 valence electrons. The van der Waals surface area contributed by atoms with Crippen LogP contribution in [0.3, 0.4) is 0 Å². The Morgan fingerprint density at radius 3 is 2.53 bits per heavy atom. The number of nitro benzene ring substituents is 1. The lowest BCUT2D eigenvalue weighted by molar-refractivity contribution is -0.384. The van der Waals surface area contributed by atoms with Gasteiger partial charge in [0.15, 0.2) is 6.10 Å². The van der Waals surface area contributed by atoms with E-state index in [1.165, 1.54) is 44.2 Å². The predicted molar refractivity (Wildman–Crippen MR) is 113 cm³/mol. The first kappa shape index (κ1) is 23.5. The van der Waals surface area contributed by atoms with Crippen LogP contribution in [0.5, 0.6) is 5.75 Å². The van der Waals surface area contributed by atoms with E-state index >= 15 is 0 Å². The van der Waals surface area contributed by atoms with Crippen LogP contribution in [0.1, 0.15) is 30.6 Å². The Bertz CT molecular complexity index is 1120. The number of amides is 1. The number of hydrogen-bond acceptors (Lipinski definition) is 8. The molecule has 0 saturated carbocycles. The van der Waals surface area contributed by atoms with Crippen LogP contribution in [-0.2, 0) is 19.1 Å². The number of carbonyl (C=O) groups excluding carboxylic acids is 3. The fourth-order valence-electron chi connectivity index (χ4n) is 2.84. The van der Waals surface area contributed by atoms with Gasteiger partial charge in [-0.3, -0.25) is 19.7 Å². The molecule has 1 aliphatic rings. The van der Waals surface area contributed by atoms with Crippen molar-refractivity contribution >= 4 is 52.4 Å². The van der Waals surface area contributed by atoms with Crippen LogP contribution >= 0.6 is 23.2 Å². The van der Waals surface area contributed by atoms with Crippen LogP contribution < -0.4 is 10.1 Å². The summed E-state index contributed by atoms with van der Waals surface area (Å²) in [5.74, 6) is -3.55. The van der Waals surface area contributed by atoms with Crippen LogP contribution in [-0.4, -0.2) is 34.7 Å². The number of nitro groups is 1. The minimum atomic E-state index is -1.16. The van der Waals surface area contributed by atoms with Crippen LogP contribution in [0.4, 0.5) is 11.4 Å². The second-order valence-electron chi connectivity index (χ2n) is 7.12. The van der Waals surface area contributed by atoms with Gasteiger partial charge < -0.3 is 19.5 Å². The van der Waals surface area contributed by atoms with E-state index in [1.807, 2.05) is 0 Å². The summed E-state index contributed by atoms with van der Waals surface area (Å²) in [6, 6.07) is 7.50. The molecule has 1 atom stereocenters. The maximum atomic E-state index is 12.8. The Labute approximate surface area is 191 Å². The predicted octanol–water partition coefficient (Wildman–Crippen LogP) is 4.13. The summed E-state index contributed by atoms with van der Waals surface area (Å²) in [5, 5.41) is 13.4. The van der Waals surface area contributed by atoms with Crippen molar-refractivity contribution in [2.45, 2.75) is 32.2 Å². The Morgan fingerprint density at radius 2 is 1.94 bits per heavy atom. The summed E-state index contributed by atoms with van der Waals surface area (Å²) in [4.78, 5) is 47.1. The van der Waals surface area contributed by atoms with Crippen LogP contribution in [0.15, 0.2) is 36.4 Å². The molecule has 2 aromatic carbocycles. The van der Waals surface area contributed by atoms with Crippen molar-refractivity contribution < 1.29 is 33.5 Å². The average molecular weight is 483 g/mol. The van der Waals surface area contributed by atoms with Crippen LogP contribution in [0.25, 0.3) is 0 Å². The van der Waals surface area contributed by atoms with Gasteiger partial charge in [-0.1, -0.05) is 23.2 Å². The molecule has 12 heteroatoms. The Morgan fingerprint density at radius 1 is 1.22 bits per heavy atom. The molecule has 1 fully saturated rings. The molecule has 1 N–H and O–H groups in total. The second-order valence-corrected chi connectivity index (χ2v) is 7.97. The van der Waals surface area contributed by atoms with E-state index in [0.29, 0.717) is 0 Å². The molecule has 1 saturated heterocycles. The Balaban J connectivity index is 1.76. The third-order valence-electron chi connectivity index (χ3n) is 4.21. The first-order chi connectivity index (χ1) is 14.9. The molecular formula is C20H16Cl2N2O8. The number of hydrogen-bond donors (Lipinski definition) is 1. The maximum Gasteiger partial charge on any atom is 0.338 e. The third-order valence-corrected chi connectivity index (χ3v) is 4.76. The van der Waals surface area contributed by atoms with Gasteiger partial charge >= 0.3 is 11.9 Å². The van der Waals surface area contributed by atoms with Crippen molar-refractivity contribution in [3.8, 4) is 5.75 Å². The van der Waals surface area contributed by atoms with Gasteiger partial charge in [0.1, 0.15) is 5.75 Å². The van der Waals surface area contributed by atoms with Crippen molar-refractivity contribution in [2.24, 2.45) is 0 Å². The summed E-state index contributed by atoms with van der Waals surface area (Å²) < 4.78 is 15.6. The number of benzene rings is 2. The molecule has 0 bridgehead atoms. The number of rotatable bonds is 6. The van der Waals surface area contributed by atoms with E-state index in [1.54, 1.807) is 0 Å². The molecular weight excluding hydrogens is 467 g/mol. The summed E-state index contributed by atoms with van der Waals surface area (Å²) in [5.41, 5.74) is -0.249. The molecule has 2 aromatic rings. The standard InChI is InChI=1S/C20H16Cl2N2O8/c1-20(2)31-16(19(27)32-20)9-17(25)30-15-6-3-10(21)7-12(15)18(26)23-14-5-4-11(24(28)29)8-13(14)22/h3-8,16H,9H2,1-2H3,(H,23,26)/t16-/m1/s1. The van der Waals surface area contributed by atoms with Crippen LogP contribution in [0, 0.1) is 10.1 Å². The normalized spacial score (nSPS) is 16.9. The lowest BCUT2D eigenvalue weighted by Gasteiger charge is -2.15. The Kier molecular flexibility index (Phi) is 6.68. The monoisotopic (exact) mass is 482 g/mol. The highest BCUT2D eigenvalue weighted by molar-refractivity contribution is 6.34. The van der Waals surface area contributed by atoms with Gasteiger partial charge in [0.25, 0.3) is 11.6 Å². The van der Waals surface area contributed by atoms with Crippen molar-refractivity contribution in [1.82, 2.24) is 0 Å². The molecule has 0 spiro atoms. The third kappa shape index (κ3) is 5.52. The van der Waals surface area contributed by atoms with E-state index in [9.17, 15) is 24.5 Å². The van der Waals surface area contributed by atoms with Gasteiger partial charge in [-0.2, -0.15) is 0 Å². The van der Waals surface area contributed by atoms with Crippen molar-refractivity contribution in [3.63, 3.8) is 0 Å². The number of cyclic esters (lactones) is 1. The average Bonchev–Trinajstić information content (AvgIpc) is 2.95. The fraction of sp³-hybridized carbons (Fsp3) is 0.250. The topological polar surface area (TPSA) is 134 Å². The van der Waals surface area contributed by atoms with Crippen molar-refractivity contribution in [1.29, 1.82) is 0 Å². The number of halogens is 2. The van der Waals surface area contributed by atoms with Gasteiger partial charge in [0.2, 0.25) is 5.79 Å². The zero-order valence-electron chi connectivity index (χ0n) is 16.7. The van der Waals surface area contributed by atoms with E-state index in [4.69, 9.17) is 37.4 Å². The first-order valence-electron chi connectivity index (χ1n) is 9.11. The summed E-state index contributed by atoms with van der Waals surface area (Å²) in [7, 11) is 0. The number of carbonyl (C=O) groups is 3. The SMILES string of the molecule is CC1(C)OC(=O)[C@@H](CC(=O)Oc2ccc(Cl)cc2C(=O)Nc2ccc([N+](=O)[O-])cc2Cl)O1. The summed E-state index contributed by atoms with van der Waals surface area (Å²) in [6.07, 6.45) is -1.57. The van der Waals surface area contributed by atoms with Gasteiger partial charge in [0.05, 0.1) is 27.6 Å². The quantitative estimate of drug-likeness (QED) is 0.281. The highest BCUT2D eigenvalue weighted by atomic mass is 35.5. The van der Waals surface area contributed by atoms with E-state index < -0.39 is 41.1 Å². The van der Waals surface area contributed by atoms with Gasteiger partial charge in [-0.05, 0) is 24.3 Å². The van der Waals surface area contributed by atoms with E-state index in [-0.39, 0.29) is 32.7 Å². The largest absolute Gasteiger partial charge is 0.432 e. The molecule has 10 nitrogen and oxygen atoms in total.